The molecule has 3 aliphatic rings. The first-order valence-corrected chi connectivity index (χ1v) is 13.1. The lowest BCUT2D eigenvalue weighted by Gasteiger charge is -2.47. The minimum absolute atomic E-state index is 0.0174. The third-order valence-electron chi connectivity index (χ3n) is 8.05. The normalized spacial score (nSPS) is 22.9. The summed E-state index contributed by atoms with van der Waals surface area (Å²) in [6.45, 7) is 9.04. The summed E-state index contributed by atoms with van der Waals surface area (Å²) in [6, 6.07) is 16.0. The van der Waals surface area contributed by atoms with Crippen molar-refractivity contribution in [2.45, 2.75) is 38.3 Å². The molecule has 1 aromatic heterocycles. The van der Waals surface area contributed by atoms with Crippen molar-refractivity contribution >= 4 is 22.7 Å². The van der Waals surface area contributed by atoms with Crippen molar-refractivity contribution in [3.8, 4) is 0 Å². The molecule has 2 aromatic carbocycles. The zero-order chi connectivity index (χ0) is 24.8. The molecular weight excluding hydrogens is 452 g/mol. The van der Waals surface area contributed by atoms with E-state index >= 15 is 0 Å². The number of morpholine rings is 1. The van der Waals surface area contributed by atoms with Crippen LogP contribution < -0.4 is 0 Å². The van der Waals surface area contributed by atoms with Crippen LogP contribution in [0, 0.1) is 0 Å². The highest BCUT2D eigenvalue weighted by atomic mass is 16.5. The van der Waals surface area contributed by atoms with Crippen molar-refractivity contribution < 1.29 is 14.3 Å². The van der Waals surface area contributed by atoms with Crippen molar-refractivity contribution in [3.05, 3.63) is 70.9 Å². The zero-order valence-corrected chi connectivity index (χ0v) is 21.1. The van der Waals surface area contributed by atoms with Gasteiger partial charge >= 0.3 is 0 Å². The summed E-state index contributed by atoms with van der Waals surface area (Å²) in [4.78, 5) is 37.1. The highest BCUT2D eigenvalue weighted by molar-refractivity contribution is 5.97. The van der Waals surface area contributed by atoms with Crippen LogP contribution in [0.2, 0.25) is 0 Å². The largest absolute Gasteiger partial charge is 0.379 e. The molecule has 36 heavy (non-hydrogen) atoms. The third kappa shape index (κ3) is 4.00. The van der Waals surface area contributed by atoms with Crippen molar-refractivity contribution in [2.75, 3.05) is 45.9 Å². The van der Waals surface area contributed by atoms with E-state index in [4.69, 9.17) is 4.74 Å². The lowest BCUT2D eigenvalue weighted by atomic mass is 9.85. The maximum atomic E-state index is 13.8. The smallest absolute Gasteiger partial charge is 0.246 e. The number of para-hydroxylation sites is 1. The summed E-state index contributed by atoms with van der Waals surface area (Å²) >= 11 is 0. The van der Waals surface area contributed by atoms with Gasteiger partial charge in [-0.3, -0.25) is 14.5 Å². The number of hydrogen-bond acceptors (Lipinski definition) is 4. The van der Waals surface area contributed by atoms with Gasteiger partial charge in [-0.1, -0.05) is 56.3 Å². The standard InChI is InChI=1S/C29H34N4O3/c1-19(2)20-7-9-21(10-8-20)28-27-23(22-5-3-4-6-24(22)30-27)17-25-29(35)32(18-26(34)33(25)28)12-11-31-13-15-36-16-14-31/h3-10,19,25,28,30H,11-18H2,1-2H3/t25-,28+/m0/s1. The Morgan fingerprint density at radius 2 is 1.75 bits per heavy atom. The number of nitrogens with zero attached hydrogens (tertiary/aromatic N) is 3. The van der Waals surface area contributed by atoms with Gasteiger partial charge in [0.15, 0.2) is 0 Å². The van der Waals surface area contributed by atoms with Gasteiger partial charge in [0.25, 0.3) is 0 Å². The Morgan fingerprint density at radius 3 is 2.50 bits per heavy atom. The van der Waals surface area contributed by atoms with Crippen LogP contribution in [0.5, 0.6) is 0 Å². The number of rotatable bonds is 5. The van der Waals surface area contributed by atoms with E-state index in [0.717, 1.165) is 60.6 Å². The fourth-order valence-corrected chi connectivity index (χ4v) is 6.01. The fraction of sp³-hybridized carbons (Fsp3) is 0.448. The molecule has 7 heteroatoms. The predicted molar refractivity (Wildman–Crippen MR) is 139 cm³/mol. The second kappa shape index (κ2) is 9.37. The number of carbonyl (C=O) groups is 2. The van der Waals surface area contributed by atoms with Crippen LogP contribution in [0.4, 0.5) is 0 Å². The van der Waals surface area contributed by atoms with Gasteiger partial charge in [0, 0.05) is 49.2 Å². The van der Waals surface area contributed by atoms with Gasteiger partial charge in [-0.2, -0.15) is 0 Å². The van der Waals surface area contributed by atoms with E-state index in [-0.39, 0.29) is 24.4 Å². The van der Waals surface area contributed by atoms with Crippen molar-refractivity contribution in [2.24, 2.45) is 0 Å². The molecule has 2 amide bonds. The first-order chi connectivity index (χ1) is 17.5. The Bertz CT molecular complexity index is 1280. The number of fused-ring (bicyclic) bond motifs is 4. The van der Waals surface area contributed by atoms with E-state index in [2.05, 4.69) is 60.1 Å². The van der Waals surface area contributed by atoms with Gasteiger partial charge < -0.3 is 19.5 Å². The monoisotopic (exact) mass is 486 g/mol. The third-order valence-corrected chi connectivity index (χ3v) is 8.05. The Morgan fingerprint density at radius 1 is 1.00 bits per heavy atom. The molecule has 4 heterocycles. The maximum absolute atomic E-state index is 13.8. The predicted octanol–water partition coefficient (Wildman–Crippen LogP) is 3.31. The molecular formula is C29H34N4O3. The number of carbonyl (C=O) groups excluding carboxylic acids is 2. The Labute approximate surface area is 212 Å². The summed E-state index contributed by atoms with van der Waals surface area (Å²) < 4.78 is 5.45. The highest BCUT2D eigenvalue weighted by Gasteiger charge is 2.48. The van der Waals surface area contributed by atoms with Crippen molar-refractivity contribution in [1.29, 1.82) is 0 Å². The highest BCUT2D eigenvalue weighted by Crippen LogP contribution is 2.42. The number of amides is 2. The summed E-state index contributed by atoms with van der Waals surface area (Å²) in [6.07, 6.45) is 0.540. The topological polar surface area (TPSA) is 68.9 Å². The summed E-state index contributed by atoms with van der Waals surface area (Å²) in [5, 5.41) is 1.14. The number of piperazine rings is 1. The lowest BCUT2D eigenvalue weighted by Crippen LogP contribution is -2.63. The van der Waals surface area contributed by atoms with Gasteiger partial charge in [-0.25, -0.2) is 0 Å². The molecule has 0 radical (unpaired) electrons. The van der Waals surface area contributed by atoms with Crippen LogP contribution in [0.1, 0.15) is 48.2 Å². The van der Waals surface area contributed by atoms with Crippen LogP contribution >= 0.6 is 0 Å². The van der Waals surface area contributed by atoms with E-state index in [1.54, 1.807) is 4.90 Å². The van der Waals surface area contributed by atoms with Crippen LogP contribution in [0.15, 0.2) is 48.5 Å². The van der Waals surface area contributed by atoms with E-state index < -0.39 is 6.04 Å². The van der Waals surface area contributed by atoms with Gasteiger partial charge in [-0.15, -0.1) is 0 Å². The number of H-pyrrole nitrogens is 1. The van der Waals surface area contributed by atoms with Gasteiger partial charge in [0.2, 0.25) is 11.8 Å². The second-order valence-electron chi connectivity index (χ2n) is 10.5. The van der Waals surface area contributed by atoms with Crippen LogP contribution in [0.3, 0.4) is 0 Å². The Kier molecular flexibility index (Phi) is 6.05. The summed E-state index contributed by atoms with van der Waals surface area (Å²) in [5.41, 5.74) is 5.54. The van der Waals surface area contributed by atoms with Crippen molar-refractivity contribution in [1.82, 2.24) is 19.7 Å². The molecule has 6 rings (SSSR count). The molecule has 2 atom stereocenters. The molecule has 2 fully saturated rings. The quantitative estimate of drug-likeness (QED) is 0.601. The number of hydrogen-bond donors (Lipinski definition) is 1. The summed E-state index contributed by atoms with van der Waals surface area (Å²) in [7, 11) is 0. The maximum Gasteiger partial charge on any atom is 0.246 e. The molecule has 0 spiro atoms. The van der Waals surface area contributed by atoms with Gasteiger partial charge in [0.05, 0.1) is 25.8 Å². The molecule has 2 saturated heterocycles. The zero-order valence-electron chi connectivity index (χ0n) is 21.1. The average Bonchev–Trinajstić information content (AvgIpc) is 3.28. The second-order valence-corrected chi connectivity index (χ2v) is 10.5. The van der Waals surface area contributed by atoms with Crippen LogP contribution in [-0.4, -0.2) is 83.5 Å². The van der Waals surface area contributed by atoms with E-state index in [0.29, 0.717) is 18.9 Å². The average molecular weight is 487 g/mol. The molecule has 7 nitrogen and oxygen atoms in total. The molecule has 0 bridgehead atoms. The Balaban J connectivity index is 1.36. The molecule has 3 aliphatic heterocycles. The summed E-state index contributed by atoms with van der Waals surface area (Å²) in [5.74, 6) is 0.506. The van der Waals surface area contributed by atoms with E-state index in [1.807, 2.05) is 17.0 Å². The van der Waals surface area contributed by atoms with E-state index in [1.165, 1.54) is 5.56 Å². The minimum Gasteiger partial charge on any atom is -0.379 e. The lowest BCUT2D eigenvalue weighted by molar-refractivity contribution is -0.158. The number of nitrogens with one attached hydrogen (secondary N) is 1. The van der Waals surface area contributed by atoms with Crippen LogP contribution in [0.25, 0.3) is 10.9 Å². The molecule has 0 saturated carbocycles. The number of aromatic nitrogens is 1. The molecule has 3 aromatic rings. The molecule has 0 unspecified atom stereocenters. The Hall–Kier alpha value is -3.16. The number of aromatic amines is 1. The van der Waals surface area contributed by atoms with Crippen molar-refractivity contribution in [3.63, 3.8) is 0 Å². The first-order valence-electron chi connectivity index (χ1n) is 13.1. The van der Waals surface area contributed by atoms with Gasteiger partial charge in [-0.05, 0) is 28.7 Å². The van der Waals surface area contributed by atoms with Gasteiger partial charge in [0.1, 0.15) is 6.04 Å². The number of ether oxygens (including phenoxy) is 1. The van der Waals surface area contributed by atoms with Crippen LogP contribution in [-0.2, 0) is 20.7 Å². The molecule has 188 valence electrons. The molecule has 0 aliphatic carbocycles. The first kappa shape index (κ1) is 23.3. The number of benzene rings is 2. The SMILES string of the molecule is CC(C)c1ccc([C@@H]2c3[nH]c4ccccc4c3C[C@H]3C(=O)N(CCN4CCOCC4)CC(=O)N23)cc1. The fourth-order valence-electron chi connectivity index (χ4n) is 6.01. The minimum atomic E-state index is -0.488. The van der Waals surface area contributed by atoms with E-state index in [9.17, 15) is 9.59 Å². The molecule has 1 N–H and O–H groups in total.